The molecule has 0 atom stereocenters. The Balaban J connectivity index is 1.54. The fraction of sp³-hybridized carbons (Fsp3) is 0.0870. The molecule has 0 fully saturated rings. The fourth-order valence-electron chi connectivity index (χ4n) is 3.62. The van der Waals surface area contributed by atoms with E-state index in [1.807, 2.05) is 36.4 Å². The normalized spacial score (nSPS) is 12.0. The molecule has 0 unspecified atom stereocenters. The summed E-state index contributed by atoms with van der Waals surface area (Å²) in [6.45, 7) is 0. The van der Waals surface area contributed by atoms with Crippen molar-refractivity contribution in [3.8, 4) is 11.3 Å². The number of carbonyl (C=O) groups is 1. The molecule has 0 radical (unpaired) electrons. The Morgan fingerprint density at radius 3 is 2.55 bits per heavy atom. The number of carbonyl (C=O) groups excluding carboxylic acids is 1. The first-order chi connectivity index (χ1) is 14.9. The van der Waals surface area contributed by atoms with Crippen LogP contribution in [0.2, 0.25) is 0 Å². The van der Waals surface area contributed by atoms with Gasteiger partial charge in [-0.2, -0.15) is 13.2 Å². The number of aromatic nitrogens is 4. The second kappa shape index (κ2) is 7.09. The molecule has 0 aliphatic rings. The minimum atomic E-state index is -4.53. The molecule has 5 nitrogen and oxygen atoms in total. The number of fused-ring (bicyclic) bond motifs is 2. The van der Waals surface area contributed by atoms with E-state index < -0.39 is 11.9 Å². The monoisotopic (exact) mass is 420 g/mol. The van der Waals surface area contributed by atoms with Crippen LogP contribution in [0.3, 0.4) is 0 Å². The summed E-state index contributed by atoms with van der Waals surface area (Å²) >= 11 is 0. The molecule has 0 bridgehead atoms. The van der Waals surface area contributed by atoms with Gasteiger partial charge in [-0.05, 0) is 35.9 Å². The average molecular weight is 420 g/mol. The second-order valence-electron chi connectivity index (χ2n) is 7.24. The summed E-state index contributed by atoms with van der Waals surface area (Å²) in [5.74, 6) is -0.0956. The number of aromatic amines is 2. The number of H-pyrrole nitrogens is 2. The van der Waals surface area contributed by atoms with Gasteiger partial charge in [0.05, 0.1) is 16.7 Å². The maximum absolute atomic E-state index is 13.0. The third-order valence-electron chi connectivity index (χ3n) is 5.12. The van der Waals surface area contributed by atoms with E-state index in [2.05, 4.69) is 20.2 Å². The predicted molar refractivity (Wildman–Crippen MR) is 111 cm³/mol. The highest BCUT2D eigenvalue weighted by Crippen LogP contribution is 2.33. The van der Waals surface area contributed by atoms with Gasteiger partial charge in [0.2, 0.25) is 0 Å². The van der Waals surface area contributed by atoms with Crippen LogP contribution in [0.5, 0.6) is 0 Å². The van der Waals surface area contributed by atoms with Gasteiger partial charge < -0.3 is 5.10 Å². The molecule has 0 saturated heterocycles. The van der Waals surface area contributed by atoms with Crippen LogP contribution in [0.1, 0.15) is 21.7 Å². The van der Waals surface area contributed by atoms with Crippen molar-refractivity contribution >= 4 is 27.6 Å². The van der Waals surface area contributed by atoms with Crippen LogP contribution in [0.15, 0.2) is 66.9 Å². The minimum Gasteiger partial charge on any atom is -0.300 e. The molecule has 0 aliphatic heterocycles. The van der Waals surface area contributed by atoms with Gasteiger partial charge >= 0.3 is 6.18 Å². The lowest BCUT2D eigenvalue weighted by Crippen LogP contribution is -2.07. The number of rotatable bonds is 4. The van der Waals surface area contributed by atoms with Crippen molar-refractivity contribution in [3.05, 3.63) is 83.8 Å². The van der Waals surface area contributed by atoms with Crippen LogP contribution in [-0.2, 0) is 12.6 Å². The zero-order valence-electron chi connectivity index (χ0n) is 16.0. The Labute approximate surface area is 173 Å². The number of halogens is 3. The average Bonchev–Trinajstić information content (AvgIpc) is 3.35. The van der Waals surface area contributed by atoms with Crippen molar-refractivity contribution in [2.24, 2.45) is 0 Å². The molecular formula is C23H15F3N4O. The topological polar surface area (TPSA) is 74.4 Å². The summed E-state index contributed by atoms with van der Waals surface area (Å²) in [5, 5.41) is 7.33. The van der Waals surface area contributed by atoms with E-state index >= 15 is 0 Å². The summed E-state index contributed by atoms with van der Waals surface area (Å²) in [4.78, 5) is 20.5. The Morgan fingerprint density at radius 2 is 1.77 bits per heavy atom. The van der Waals surface area contributed by atoms with E-state index in [4.69, 9.17) is 0 Å². The SMILES string of the molecule is O=C(Cc1ccccc1)c1cc2cc3c(-c4ccnc(C(F)(F)F)c4)[nH][nH]c3cc2n1. The van der Waals surface area contributed by atoms with E-state index in [9.17, 15) is 18.0 Å². The van der Waals surface area contributed by atoms with Crippen LogP contribution < -0.4 is 0 Å². The molecule has 0 amide bonds. The molecule has 31 heavy (non-hydrogen) atoms. The molecule has 5 rings (SSSR count). The van der Waals surface area contributed by atoms with Gasteiger partial charge in [-0.25, -0.2) is 4.98 Å². The smallest absolute Gasteiger partial charge is 0.300 e. The number of nitrogens with one attached hydrogen (secondary N) is 2. The quantitative estimate of drug-likeness (QED) is 0.374. The Hall–Kier alpha value is -3.94. The van der Waals surface area contributed by atoms with Crippen molar-refractivity contribution in [1.29, 1.82) is 0 Å². The molecular weight excluding hydrogens is 405 g/mol. The Kier molecular flexibility index (Phi) is 4.35. The maximum atomic E-state index is 13.0. The van der Waals surface area contributed by atoms with Crippen molar-refractivity contribution in [2.45, 2.75) is 12.6 Å². The van der Waals surface area contributed by atoms with Gasteiger partial charge in [-0.3, -0.25) is 14.9 Å². The number of nitrogens with zero attached hydrogens (tertiary/aromatic N) is 2. The molecule has 0 saturated carbocycles. The van der Waals surface area contributed by atoms with E-state index in [0.717, 1.165) is 23.2 Å². The van der Waals surface area contributed by atoms with Gasteiger partial charge in [0, 0.05) is 29.0 Å². The lowest BCUT2D eigenvalue weighted by Gasteiger charge is -2.07. The second-order valence-corrected chi connectivity index (χ2v) is 7.24. The first kappa shape index (κ1) is 19.0. The summed E-state index contributed by atoms with van der Waals surface area (Å²) in [6.07, 6.45) is -3.15. The van der Waals surface area contributed by atoms with Gasteiger partial charge in [-0.1, -0.05) is 30.3 Å². The van der Waals surface area contributed by atoms with Crippen molar-refractivity contribution < 1.29 is 18.0 Å². The maximum Gasteiger partial charge on any atom is 0.433 e. The molecule has 2 aromatic carbocycles. The third kappa shape index (κ3) is 3.56. The van der Waals surface area contributed by atoms with Crippen molar-refractivity contribution in [2.75, 3.05) is 0 Å². The van der Waals surface area contributed by atoms with E-state index in [1.165, 1.54) is 6.07 Å². The van der Waals surface area contributed by atoms with Crippen LogP contribution >= 0.6 is 0 Å². The predicted octanol–water partition coefficient (Wildman–Crippen LogP) is 5.55. The molecule has 154 valence electrons. The number of hydrogen-bond acceptors (Lipinski definition) is 3. The zero-order chi connectivity index (χ0) is 21.6. The fourth-order valence-corrected chi connectivity index (χ4v) is 3.62. The van der Waals surface area contributed by atoms with E-state index in [0.29, 0.717) is 33.4 Å². The number of hydrogen-bond donors (Lipinski definition) is 2. The molecule has 3 heterocycles. The molecule has 2 N–H and O–H groups in total. The van der Waals surface area contributed by atoms with Crippen LogP contribution in [0.4, 0.5) is 13.2 Å². The molecule has 8 heteroatoms. The Bertz CT molecular complexity index is 1420. The summed E-state index contributed by atoms with van der Waals surface area (Å²) < 4.78 is 39.1. The lowest BCUT2D eigenvalue weighted by atomic mass is 10.1. The molecule has 0 spiro atoms. The van der Waals surface area contributed by atoms with E-state index in [1.54, 1.807) is 12.1 Å². The minimum absolute atomic E-state index is 0.0956. The zero-order valence-corrected chi connectivity index (χ0v) is 16.0. The number of pyridine rings is 1. The summed E-state index contributed by atoms with van der Waals surface area (Å²) in [7, 11) is 0. The highest BCUT2D eigenvalue weighted by molar-refractivity contribution is 6.05. The van der Waals surface area contributed by atoms with Crippen molar-refractivity contribution in [3.63, 3.8) is 0 Å². The number of Topliss-reactive ketones (excluding diaryl/α,β-unsaturated/α-hetero) is 1. The summed E-state index contributed by atoms with van der Waals surface area (Å²) in [5.41, 5.74) is 2.47. The first-order valence-corrected chi connectivity index (χ1v) is 9.50. The van der Waals surface area contributed by atoms with Gasteiger partial charge in [0.25, 0.3) is 0 Å². The van der Waals surface area contributed by atoms with E-state index in [-0.39, 0.29) is 12.2 Å². The largest absolute Gasteiger partial charge is 0.433 e. The highest BCUT2D eigenvalue weighted by Gasteiger charge is 2.32. The van der Waals surface area contributed by atoms with Gasteiger partial charge in [0.15, 0.2) is 5.78 Å². The standard InChI is InChI=1S/C23H15F3N4O/c24-23(25,26)21-11-14(6-7-27-21)22-16-9-15-10-19(28-17(15)12-18(16)29-30-22)20(31)8-13-4-2-1-3-5-13/h1-7,9-12,29-30H,8H2. The van der Waals surface area contributed by atoms with Gasteiger partial charge in [-0.15, -0.1) is 0 Å². The highest BCUT2D eigenvalue weighted by atomic mass is 19.4. The molecule has 5 aromatic rings. The number of ketones is 1. The van der Waals surface area contributed by atoms with Crippen molar-refractivity contribution in [1.82, 2.24) is 20.2 Å². The van der Waals surface area contributed by atoms with Crippen LogP contribution in [0, 0.1) is 0 Å². The number of alkyl halides is 3. The molecule has 3 aromatic heterocycles. The third-order valence-corrected chi connectivity index (χ3v) is 5.12. The number of benzene rings is 2. The van der Waals surface area contributed by atoms with Crippen LogP contribution in [0.25, 0.3) is 33.1 Å². The molecule has 0 aliphatic carbocycles. The van der Waals surface area contributed by atoms with Gasteiger partial charge in [0.1, 0.15) is 11.4 Å². The first-order valence-electron chi connectivity index (χ1n) is 9.50. The Morgan fingerprint density at radius 1 is 0.968 bits per heavy atom. The van der Waals surface area contributed by atoms with Crippen LogP contribution in [-0.4, -0.2) is 25.9 Å². The lowest BCUT2D eigenvalue weighted by molar-refractivity contribution is -0.141. The summed E-state index contributed by atoms with van der Waals surface area (Å²) in [6, 6.07) is 17.2.